The fourth-order valence-corrected chi connectivity index (χ4v) is 3.22. The summed E-state index contributed by atoms with van der Waals surface area (Å²) >= 11 is 0. The van der Waals surface area contributed by atoms with Crippen LogP contribution in [0.2, 0.25) is 0 Å². The molecule has 0 bridgehead atoms. The van der Waals surface area contributed by atoms with Crippen LogP contribution in [0.1, 0.15) is 11.1 Å². The van der Waals surface area contributed by atoms with Crippen LogP contribution in [-0.2, 0) is 32.2 Å². The number of ether oxygens (including phenoxy) is 4. The maximum atomic E-state index is 10.4. The Bertz CT molecular complexity index is 665. The molecular formula is C21H26O6. The van der Waals surface area contributed by atoms with Crippen molar-refractivity contribution in [1.82, 2.24) is 0 Å². The number of aliphatic hydroxyl groups is 2. The third kappa shape index (κ3) is 5.13. The Morgan fingerprint density at radius 3 is 1.81 bits per heavy atom. The average molecular weight is 374 g/mol. The molecule has 0 aromatic heterocycles. The van der Waals surface area contributed by atoms with Gasteiger partial charge in [-0.05, 0) is 11.1 Å². The highest BCUT2D eigenvalue weighted by atomic mass is 16.7. The molecule has 1 saturated heterocycles. The molecule has 0 spiro atoms. The van der Waals surface area contributed by atoms with Crippen molar-refractivity contribution in [2.75, 3.05) is 13.7 Å². The second-order valence-electron chi connectivity index (χ2n) is 6.47. The third-order valence-corrected chi connectivity index (χ3v) is 4.63. The van der Waals surface area contributed by atoms with Crippen LogP contribution in [0, 0.1) is 0 Å². The van der Waals surface area contributed by atoms with Gasteiger partial charge in [0.1, 0.15) is 24.4 Å². The molecule has 0 aliphatic carbocycles. The molecular weight excluding hydrogens is 348 g/mol. The average Bonchev–Trinajstić information content (AvgIpc) is 2.72. The van der Waals surface area contributed by atoms with Crippen LogP contribution in [0.3, 0.4) is 0 Å². The monoisotopic (exact) mass is 374 g/mol. The van der Waals surface area contributed by atoms with Crippen molar-refractivity contribution in [1.29, 1.82) is 0 Å². The van der Waals surface area contributed by atoms with Crippen LogP contribution in [-0.4, -0.2) is 54.6 Å². The molecule has 1 fully saturated rings. The normalized spacial score (nSPS) is 28.2. The van der Waals surface area contributed by atoms with Crippen molar-refractivity contribution in [3.63, 3.8) is 0 Å². The Kier molecular flexibility index (Phi) is 7.34. The van der Waals surface area contributed by atoms with E-state index in [-0.39, 0.29) is 6.61 Å². The van der Waals surface area contributed by atoms with Crippen LogP contribution >= 0.6 is 0 Å². The lowest BCUT2D eigenvalue weighted by Crippen LogP contribution is -2.60. The fraction of sp³-hybridized carbons (Fsp3) is 0.429. The zero-order chi connectivity index (χ0) is 19.1. The van der Waals surface area contributed by atoms with E-state index in [1.54, 1.807) is 0 Å². The summed E-state index contributed by atoms with van der Waals surface area (Å²) in [5, 5.41) is 20.0. The first-order valence-electron chi connectivity index (χ1n) is 9.01. The van der Waals surface area contributed by atoms with E-state index >= 15 is 0 Å². The first kappa shape index (κ1) is 19.9. The predicted molar refractivity (Wildman–Crippen MR) is 98.8 cm³/mol. The Morgan fingerprint density at radius 1 is 0.815 bits per heavy atom. The Morgan fingerprint density at radius 2 is 1.33 bits per heavy atom. The number of aliphatic hydroxyl groups excluding tert-OH is 2. The summed E-state index contributed by atoms with van der Waals surface area (Å²) in [4.78, 5) is 0. The zero-order valence-corrected chi connectivity index (χ0v) is 15.3. The maximum Gasteiger partial charge on any atom is 0.184 e. The summed E-state index contributed by atoms with van der Waals surface area (Å²) in [6, 6.07) is 19.4. The van der Waals surface area contributed by atoms with Gasteiger partial charge in [-0.15, -0.1) is 0 Å². The number of hydrogen-bond donors (Lipinski definition) is 2. The van der Waals surface area contributed by atoms with Gasteiger partial charge in [0.15, 0.2) is 6.29 Å². The zero-order valence-electron chi connectivity index (χ0n) is 15.3. The highest BCUT2D eigenvalue weighted by Gasteiger charge is 2.47. The molecule has 2 aromatic carbocycles. The van der Waals surface area contributed by atoms with Crippen LogP contribution in [0.15, 0.2) is 60.7 Å². The number of methoxy groups -OCH3 is 1. The SMILES string of the molecule is CO[C@@H]1[C@@H](OCc2ccccc2)[C@@H](O)O[C@H](CO)[C@@H]1OCc1ccccc1. The Balaban J connectivity index is 1.69. The minimum atomic E-state index is -1.22. The molecule has 0 amide bonds. The van der Waals surface area contributed by atoms with Crippen molar-refractivity contribution in [3.05, 3.63) is 71.8 Å². The lowest BCUT2D eigenvalue weighted by atomic mass is 9.98. The largest absolute Gasteiger partial charge is 0.394 e. The highest BCUT2D eigenvalue weighted by molar-refractivity contribution is 5.14. The molecule has 0 saturated carbocycles. The molecule has 6 heteroatoms. The summed E-state index contributed by atoms with van der Waals surface area (Å²) in [6.45, 7) is 0.357. The van der Waals surface area contributed by atoms with E-state index in [4.69, 9.17) is 18.9 Å². The molecule has 3 rings (SSSR count). The van der Waals surface area contributed by atoms with Crippen molar-refractivity contribution in [2.45, 2.75) is 43.9 Å². The molecule has 146 valence electrons. The van der Waals surface area contributed by atoms with Gasteiger partial charge in [-0.1, -0.05) is 60.7 Å². The van der Waals surface area contributed by atoms with Crippen LogP contribution in [0.4, 0.5) is 0 Å². The van der Waals surface area contributed by atoms with E-state index in [0.29, 0.717) is 13.2 Å². The van der Waals surface area contributed by atoms with E-state index < -0.39 is 30.7 Å². The van der Waals surface area contributed by atoms with Gasteiger partial charge in [0, 0.05) is 7.11 Å². The molecule has 27 heavy (non-hydrogen) atoms. The van der Waals surface area contributed by atoms with Crippen LogP contribution in [0.5, 0.6) is 0 Å². The van der Waals surface area contributed by atoms with Gasteiger partial charge in [0.2, 0.25) is 0 Å². The first-order chi connectivity index (χ1) is 13.2. The van der Waals surface area contributed by atoms with Gasteiger partial charge < -0.3 is 29.2 Å². The van der Waals surface area contributed by atoms with Gasteiger partial charge in [0.25, 0.3) is 0 Å². The number of hydrogen-bond acceptors (Lipinski definition) is 6. The third-order valence-electron chi connectivity index (χ3n) is 4.63. The molecule has 1 aliphatic rings. The predicted octanol–water partition coefficient (Wildman–Crippen LogP) is 1.88. The molecule has 2 N–H and O–H groups in total. The summed E-state index contributed by atoms with van der Waals surface area (Å²) in [6.07, 6.45) is -3.82. The van der Waals surface area contributed by atoms with Crippen molar-refractivity contribution in [2.24, 2.45) is 0 Å². The standard InChI is InChI=1S/C21H26O6/c1-24-19-18(25-13-15-8-4-2-5-9-15)17(12-22)27-21(23)20(19)26-14-16-10-6-3-7-11-16/h2-11,17-23H,12-14H2,1H3/t17-,18+,19+,20-,21+/m1/s1. The van der Waals surface area contributed by atoms with Gasteiger partial charge in [-0.3, -0.25) is 0 Å². The summed E-state index contributed by atoms with van der Waals surface area (Å²) in [5.41, 5.74) is 1.97. The number of benzene rings is 2. The summed E-state index contributed by atoms with van der Waals surface area (Å²) < 4.78 is 23.0. The van der Waals surface area contributed by atoms with Crippen molar-refractivity contribution >= 4 is 0 Å². The molecule has 0 radical (unpaired) electrons. The lowest BCUT2D eigenvalue weighted by molar-refractivity contribution is -0.310. The van der Waals surface area contributed by atoms with E-state index in [9.17, 15) is 10.2 Å². The Hall–Kier alpha value is -1.80. The molecule has 5 atom stereocenters. The van der Waals surface area contributed by atoms with E-state index in [1.807, 2.05) is 60.7 Å². The Labute approximate surface area is 159 Å². The summed E-state index contributed by atoms with van der Waals surface area (Å²) in [7, 11) is 1.54. The smallest absolute Gasteiger partial charge is 0.184 e. The van der Waals surface area contributed by atoms with Crippen LogP contribution in [0.25, 0.3) is 0 Å². The summed E-state index contributed by atoms with van der Waals surface area (Å²) in [5.74, 6) is 0. The first-order valence-corrected chi connectivity index (χ1v) is 9.01. The topological polar surface area (TPSA) is 77.4 Å². The molecule has 1 heterocycles. The van der Waals surface area contributed by atoms with E-state index in [2.05, 4.69) is 0 Å². The molecule has 2 aromatic rings. The second kappa shape index (κ2) is 9.94. The van der Waals surface area contributed by atoms with E-state index in [0.717, 1.165) is 11.1 Å². The van der Waals surface area contributed by atoms with Crippen molar-refractivity contribution in [3.8, 4) is 0 Å². The fourth-order valence-electron chi connectivity index (χ4n) is 3.22. The van der Waals surface area contributed by atoms with Gasteiger partial charge in [0.05, 0.1) is 19.8 Å². The quantitative estimate of drug-likeness (QED) is 0.735. The number of rotatable bonds is 8. The minimum Gasteiger partial charge on any atom is -0.394 e. The maximum absolute atomic E-state index is 10.4. The van der Waals surface area contributed by atoms with E-state index in [1.165, 1.54) is 7.11 Å². The van der Waals surface area contributed by atoms with Gasteiger partial charge in [-0.2, -0.15) is 0 Å². The second-order valence-corrected chi connectivity index (χ2v) is 6.47. The molecule has 0 unspecified atom stereocenters. The van der Waals surface area contributed by atoms with Gasteiger partial charge in [-0.25, -0.2) is 0 Å². The molecule has 1 aliphatic heterocycles. The van der Waals surface area contributed by atoms with Gasteiger partial charge >= 0.3 is 0 Å². The molecule has 6 nitrogen and oxygen atoms in total. The minimum absolute atomic E-state index is 0.290. The van der Waals surface area contributed by atoms with Crippen LogP contribution < -0.4 is 0 Å². The lowest BCUT2D eigenvalue weighted by Gasteiger charge is -2.43. The van der Waals surface area contributed by atoms with Crippen molar-refractivity contribution < 1.29 is 29.2 Å². The highest BCUT2D eigenvalue weighted by Crippen LogP contribution is 2.28.